The van der Waals surface area contributed by atoms with E-state index in [-0.39, 0.29) is 10.7 Å². The van der Waals surface area contributed by atoms with Crippen molar-refractivity contribution in [1.82, 2.24) is 4.72 Å². The molecule has 0 amide bonds. The lowest BCUT2D eigenvalue weighted by Crippen LogP contribution is -2.31. The van der Waals surface area contributed by atoms with Gasteiger partial charge >= 0.3 is 0 Å². The van der Waals surface area contributed by atoms with Gasteiger partial charge in [0.05, 0.1) is 4.90 Å². The molecule has 0 saturated heterocycles. The number of halogens is 1. The summed E-state index contributed by atoms with van der Waals surface area (Å²) in [6.07, 6.45) is 0.644. The monoisotopic (exact) mass is 351 g/mol. The van der Waals surface area contributed by atoms with Crippen LogP contribution in [0.1, 0.15) is 29.2 Å². The molecule has 1 atom stereocenters. The number of hydrogen-bond donors (Lipinski definition) is 1. The van der Waals surface area contributed by atoms with Gasteiger partial charge in [-0.2, -0.15) is 0 Å². The van der Waals surface area contributed by atoms with Crippen LogP contribution in [-0.2, 0) is 10.0 Å². The zero-order chi connectivity index (χ0) is 16.6. The Morgan fingerprint density at radius 3 is 2.74 bits per heavy atom. The minimum atomic E-state index is -3.64. The van der Waals surface area contributed by atoms with Crippen molar-refractivity contribution in [1.29, 1.82) is 0 Å². The van der Waals surface area contributed by atoms with Gasteiger partial charge in [0.15, 0.2) is 0 Å². The first-order valence-corrected chi connectivity index (χ1v) is 9.86. The van der Waals surface area contributed by atoms with Gasteiger partial charge < -0.3 is 0 Å². The Morgan fingerprint density at radius 1 is 1.22 bits per heavy atom. The molecule has 0 bridgehead atoms. The van der Waals surface area contributed by atoms with E-state index in [0.29, 0.717) is 22.6 Å². The normalized spacial score (nSPS) is 17.8. The topological polar surface area (TPSA) is 46.2 Å². The summed E-state index contributed by atoms with van der Waals surface area (Å²) in [7, 11) is -3.64. The number of fused-ring (bicyclic) bond motifs is 1. The summed E-state index contributed by atoms with van der Waals surface area (Å²) >= 11 is 1.44. The fraction of sp³-hybridized carbons (Fsp3) is 0.294. The van der Waals surface area contributed by atoms with Gasteiger partial charge in [-0.15, -0.1) is 11.8 Å². The Balaban J connectivity index is 1.95. The number of sulfonamides is 1. The fourth-order valence-corrected chi connectivity index (χ4v) is 5.48. The number of aryl methyl sites for hydroxylation is 2. The van der Waals surface area contributed by atoms with Gasteiger partial charge in [0.25, 0.3) is 0 Å². The van der Waals surface area contributed by atoms with Gasteiger partial charge in [-0.05, 0) is 49.3 Å². The zero-order valence-electron chi connectivity index (χ0n) is 13.0. The highest BCUT2D eigenvalue weighted by Crippen LogP contribution is 2.38. The predicted octanol–water partition coefficient (Wildman–Crippen LogP) is 3.96. The van der Waals surface area contributed by atoms with Crippen molar-refractivity contribution in [2.45, 2.75) is 36.1 Å². The number of nitrogens with one attached hydrogen (secondary N) is 1. The molecule has 6 heteroatoms. The quantitative estimate of drug-likeness (QED) is 0.910. The second kappa shape index (κ2) is 6.26. The molecule has 0 saturated carbocycles. The Bertz CT molecular complexity index is 850. The minimum absolute atomic E-state index is 0.277. The van der Waals surface area contributed by atoms with Crippen molar-refractivity contribution in [3.05, 3.63) is 58.9 Å². The van der Waals surface area contributed by atoms with E-state index in [1.54, 1.807) is 31.2 Å². The molecule has 3 rings (SSSR count). The standard InChI is InChI=1S/C17H18FNO2S2/c1-11-6-7-16(12(2)10-11)23(20,21)19-15-8-9-22-17-13(15)4-3-5-14(17)18/h3-7,10,15,19H,8-9H2,1-2H3. The second-order valence-corrected chi connectivity index (χ2v) is 8.53. The molecule has 0 spiro atoms. The first-order chi connectivity index (χ1) is 10.9. The lowest BCUT2D eigenvalue weighted by Gasteiger charge is -2.26. The molecule has 2 aromatic carbocycles. The van der Waals surface area contributed by atoms with Crippen LogP contribution in [-0.4, -0.2) is 14.2 Å². The Morgan fingerprint density at radius 2 is 2.00 bits per heavy atom. The molecule has 0 fully saturated rings. The summed E-state index contributed by atoms with van der Waals surface area (Å²) < 4.78 is 42.1. The number of benzene rings is 2. The van der Waals surface area contributed by atoms with Crippen LogP contribution in [0.3, 0.4) is 0 Å². The van der Waals surface area contributed by atoms with Gasteiger partial charge in [-0.1, -0.05) is 29.8 Å². The summed E-state index contributed by atoms with van der Waals surface area (Å²) in [4.78, 5) is 0.825. The van der Waals surface area contributed by atoms with E-state index in [1.165, 1.54) is 17.8 Å². The summed E-state index contributed by atoms with van der Waals surface area (Å²) in [5.74, 6) is 0.400. The highest BCUT2D eigenvalue weighted by molar-refractivity contribution is 7.99. The van der Waals surface area contributed by atoms with Crippen LogP contribution in [0, 0.1) is 19.7 Å². The van der Waals surface area contributed by atoms with Crippen LogP contribution in [0.15, 0.2) is 46.2 Å². The molecule has 3 nitrogen and oxygen atoms in total. The maximum atomic E-state index is 13.9. The maximum absolute atomic E-state index is 13.9. The van der Waals surface area contributed by atoms with E-state index in [4.69, 9.17) is 0 Å². The zero-order valence-corrected chi connectivity index (χ0v) is 14.6. The summed E-state index contributed by atoms with van der Waals surface area (Å²) in [6.45, 7) is 3.71. The van der Waals surface area contributed by atoms with Crippen molar-refractivity contribution in [2.24, 2.45) is 0 Å². The van der Waals surface area contributed by atoms with Crippen molar-refractivity contribution >= 4 is 21.8 Å². The first kappa shape index (κ1) is 16.5. The third-order valence-corrected chi connectivity index (χ3v) is 6.73. The van der Waals surface area contributed by atoms with Gasteiger partial charge in [0.1, 0.15) is 5.82 Å². The minimum Gasteiger partial charge on any atom is -0.207 e. The largest absolute Gasteiger partial charge is 0.241 e. The van der Waals surface area contributed by atoms with E-state index >= 15 is 0 Å². The van der Waals surface area contributed by atoms with Crippen LogP contribution in [0.25, 0.3) is 0 Å². The molecule has 1 unspecified atom stereocenters. The van der Waals surface area contributed by atoms with Gasteiger partial charge in [-0.25, -0.2) is 17.5 Å². The smallest absolute Gasteiger partial charge is 0.207 e. The van der Waals surface area contributed by atoms with Crippen LogP contribution >= 0.6 is 11.8 Å². The maximum Gasteiger partial charge on any atom is 0.241 e. The van der Waals surface area contributed by atoms with Gasteiger partial charge in [0, 0.05) is 10.9 Å². The number of hydrogen-bond acceptors (Lipinski definition) is 3. The fourth-order valence-electron chi connectivity index (χ4n) is 2.86. The molecule has 1 heterocycles. The second-order valence-electron chi connectivity index (χ2n) is 5.74. The van der Waals surface area contributed by atoms with Crippen LogP contribution in [0.5, 0.6) is 0 Å². The van der Waals surface area contributed by atoms with E-state index < -0.39 is 16.1 Å². The molecule has 0 aliphatic carbocycles. The highest BCUT2D eigenvalue weighted by Gasteiger charge is 2.28. The Kier molecular flexibility index (Phi) is 4.49. The van der Waals surface area contributed by atoms with Crippen molar-refractivity contribution in [3.8, 4) is 0 Å². The molecule has 0 aromatic heterocycles. The van der Waals surface area contributed by atoms with Gasteiger partial charge in [0.2, 0.25) is 10.0 Å². The molecule has 1 aliphatic rings. The van der Waals surface area contributed by atoms with Crippen molar-refractivity contribution < 1.29 is 12.8 Å². The molecule has 2 aromatic rings. The molecule has 1 N–H and O–H groups in total. The Hall–Kier alpha value is -1.37. The molecule has 0 radical (unpaired) electrons. The van der Waals surface area contributed by atoms with E-state index in [2.05, 4.69) is 4.72 Å². The van der Waals surface area contributed by atoms with Crippen LogP contribution in [0.2, 0.25) is 0 Å². The van der Waals surface area contributed by atoms with Crippen molar-refractivity contribution in [3.63, 3.8) is 0 Å². The highest BCUT2D eigenvalue weighted by atomic mass is 32.2. The van der Waals surface area contributed by atoms with Crippen LogP contribution < -0.4 is 4.72 Å². The predicted molar refractivity (Wildman–Crippen MR) is 90.7 cm³/mol. The summed E-state index contributed by atoms with van der Waals surface area (Å²) in [6, 6.07) is 9.68. The Labute approximate surface area is 140 Å². The van der Waals surface area contributed by atoms with Crippen molar-refractivity contribution in [2.75, 3.05) is 5.75 Å². The molecular weight excluding hydrogens is 333 g/mol. The van der Waals surface area contributed by atoms with E-state index in [1.807, 2.05) is 13.0 Å². The summed E-state index contributed by atoms with van der Waals surface area (Å²) in [5, 5.41) is 0. The molecule has 1 aliphatic heterocycles. The summed E-state index contributed by atoms with van der Waals surface area (Å²) in [5.41, 5.74) is 2.44. The van der Waals surface area contributed by atoms with E-state index in [0.717, 1.165) is 11.1 Å². The molecule has 122 valence electrons. The third-order valence-electron chi connectivity index (χ3n) is 3.94. The number of thioether (sulfide) groups is 1. The number of rotatable bonds is 3. The molecule has 23 heavy (non-hydrogen) atoms. The molecular formula is C17H18FNO2S2. The SMILES string of the molecule is Cc1ccc(S(=O)(=O)NC2CCSc3c(F)cccc32)c(C)c1. The lowest BCUT2D eigenvalue weighted by atomic mass is 10.0. The van der Waals surface area contributed by atoms with Crippen LogP contribution in [0.4, 0.5) is 4.39 Å². The lowest BCUT2D eigenvalue weighted by molar-refractivity contribution is 0.533. The third kappa shape index (κ3) is 3.29. The average Bonchev–Trinajstić information content (AvgIpc) is 2.47. The van der Waals surface area contributed by atoms with E-state index in [9.17, 15) is 12.8 Å². The average molecular weight is 351 g/mol. The first-order valence-electron chi connectivity index (χ1n) is 7.39. The van der Waals surface area contributed by atoms with Gasteiger partial charge in [-0.3, -0.25) is 0 Å².